The molecule has 1 amide bonds. The van der Waals surface area contributed by atoms with Crippen LogP contribution in [0.15, 0.2) is 73.2 Å². The van der Waals surface area contributed by atoms with Gasteiger partial charge in [0.25, 0.3) is 5.91 Å². The summed E-state index contributed by atoms with van der Waals surface area (Å²) in [5.41, 5.74) is 7.73. The molecule has 11 heteroatoms. The predicted molar refractivity (Wildman–Crippen MR) is 147 cm³/mol. The number of aliphatic hydroxyl groups is 1. The molecule has 0 aliphatic carbocycles. The standard InChI is InChI=1S/C28H24FN7O2S/c1-28(2,38)23(29)16-35(21-10-11-32-15-20(21)26(31)37)27-34-24(18-6-4-3-5-7-18)25(39-27)22-9-8-19-12-17(13-30)14-33-36(19)22/h3-12,14-15,23,38H,16H2,1-2H3,(H2,31,37)/t23-/m1/s1. The van der Waals surface area contributed by atoms with Gasteiger partial charge in [-0.1, -0.05) is 41.7 Å². The Morgan fingerprint density at radius 2 is 2.00 bits per heavy atom. The van der Waals surface area contributed by atoms with Crippen molar-refractivity contribution in [3.05, 3.63) is 84.3 Å². The molecule has 0 aliphatic heterocycles. The Labute approximate surface area is 227 Å². The summed E-state index contributed by atoms with van der Waals surface area (Å²) in [4.78, 5) is 23.5. The van der Waals surface area contributed by atoms with Gasteiger partial charge in [0, 0.05) is 18.0 Å². The lowest BCUT2D eigenvalue weighted by atomic mass is 10.0. The summed E-state index contributed by atoms with van der Waals surface area (Å²) in [7, 11) is 0. The minimum Gasteiger partial charge on any atom is -0.387 e. The van der Waals surface area contributed by atoms with Crippen molar-refractivity contribution >= 4 is 33.6 Å². The highest BCUT2D eigenvalue weighted by molar-refractivity contribution is 7.19. The van der Waals surface area contributed by atoms with Crippen LogP contribution in [0.25, 0.3) is 27.3 Å². The average Bonchev–Trinajstić information content (AvgIpc) is 3.55. The van der Waals surface area contributed by atoms with Gasteiger partial charge in [0.05, 0.1) is 56.9 Å². The van der Waals surface area contributed by atoms with E-state index in [0.717, 1.165) is 21.7 Å². The second-order valence-corrected chi connectivity index (χ2v) is 10.4. The molecule has 0 bridgehead atoms. The maximum absolute atomic E-state index is 15.4. The smallest absolute Gasteiger partial charge is 0.252 e. The van der Waals surface area contributed by atoms with Crippen LogP contribution in [0.3, 0.4) is 0 Å². The van der Waals surface area contributed by atoms with Crippen molar-refractivity contribution in [2.24, 2.45) is 5.73 Å². The number of nitrogens with two attached hydrogens (primary N) is 1. The minimum absolute atomic E-state index is 0.0947. The number of nitriles is 1. The first-order chi connectivity index (χ1) is 18.7. The van der Waals surface area contributed by atoms with E-state index in [1.165, 1.54) is 43.8 Å². The maximum Gasteiger partial charge on any atom is 0.252 e. The van der Waals surface area contributed by atoms with Gasteiger partial charge in [-0.3, -0.25) is 9.78 Å². The molecule has 0 radical (unpaired) electrons. The van der Waals surface area contributed by atoms with Crippen LogP contribution >= 0.6 is 11.3 Å². The van der Waals surface area contributed by atoms with Crippen LogP contribution in [-0.2, 0) is 0 Å². The average molecular weight is 542 g/mol. The van der Waals surface area contributed by atoms with E-state index >= 15 is 4.39 Å². The number of rotatable bonds is 8. The van der Waals surface area contributed by atoms with Crippen molar-refractivity contribution in [2.75, 3.05) is 11.4 Å². The van der Waals surface area contributed by atoms with Gasteiger partial charge < -0.3 is 15.7 Å². The highest BCUT2D eigenvalue weighted by atomic mass is 32.1. The highest BCUT2D eigenvalue weighted by Crippen LogP contribution is 2.43. The van der Waals surface area contributed by atoms with Gasteiger partial charge in [0.2, 0.25) is 0 Å². The number of alkyl halides is 1. The number of anilines is 2. The van der Waals surface area contributed by atoms with Crippen LogP contribution in [0.5, 0.6) is 0 Å². The van der Waals surface area contributed by atoms with Crippen molar-refractivity contribution < 1.29 is 14.3 Å². The molecule has 4 aromatic heterocycles. The number of halogens is 1. The Balaban J connectivity index is 1.74. The molecule has 0 saturated carbocycles. The lowest BCUT2D eigenvalue weighted by Gasteiger charge is -2.30. The van der Waals surface area contributed by atoms with Crippen LogP contribution in [0.1, 0.15) is 29.8 Å². The van der Waals surface area contributed by atoms with Gasteiger partial charge in [0.1, 0.15) is 12.2 Å². The Morgan fingerprint density at radius 1 is 1.23 bits per heavy atom. The summed E-state index contributed by atoms with van der Waals surface area (Å²) in [5, 5.41) is 24.5. The molecule has 0 spiro atoms. The van der Waals surface area contributed by atoms with Gasteiger partial charge in [-0.25, -0.2) is 13.9 Å². The fourth-order valence-corrected chi connectivity index (χ4v) is 5.22. The maximum atomic E-state index is 15.4. The lowest BCUT2D eigenvalue weighted by Crippen LogP contribution is -2.41. The first kappa shape index (κ1) is 26.0. The van der Waals surface area contributed by atoms with E-state index in [9.17, 15) is 15.2 Å². The summed E-state index contributed by atoms with van der Waals surface area (Å²) < 4.78 is 17.1. The van der Waals surface area contributed by atoms with Crippen LogP contribution < -0.4 is 10.6 Å². The van der Waals surface area contributed by atoms with E-state index in [-0.39, 0.29) is 12.1 Å². The molecule has 3 N–H and O–H groups in total. The van der Waals surface area contributed by atoms with Crippen molar-refractivity contribution in [3.8, 4) is 27.9 Å². The van der Waals surface area contributed by atoms with E-state index in [2.05, 4.69) is 16.2 Å². The minimum atomic E-state index is -1.70. The number of primary amides is 1. The Kier molecular flexibility index (Phi) is 6.82. The number of nitrogens with zero attached hydrogens (tertiary/aromatic N) is 6. The molecule has 5 aromatic rings. The molecule has 39 heavy (non-hydrogen) atoms. The molecule has 5 rings (SSSR count). The SMILES string of the molecule is CC(C)(O)[C@H](F)CN(c1nc(-c2ccccc2)c(-c2ccc3cc(C#N)cnn23)s1)c1ccncc1C(N)=O. The molecule has 1 aromatic carbocycles. The summed E-state index contributed by atoms with van der Waals surface area (Å²) >= 11 is 1.28. The summed E-state index contributed by atoms with van der Waals surface area (Å²) in [6, 6.07) is 18.7. The third-order valence-electron chi connectivity index (χ3n) is 6.22. The number of aromatic nitrogens is 4. The van der Waals surface area contributed by atoms with E-state index in [4.69, 9.17) is 10.7 Å². The molecular weight excluding hydrogens is 517 g/mol. The van der Waals surface area contributed by atoms with Crippen LogP contribution in [0.4, 0.5) is 15.2 Å². The quantitative estimate of drug-likeness (QED) is 0.290. The third-order valence-corrected chi connectivity index (χ3v) is 7.32. The normalized spacial score (nSPS) is 12.3. The van der Waals surface area contributed by atoms with E-state index < -0.39 is 17.7 Å². The Bertz CT molecular complexity index is 1700. The zero-order valence-electron chi connectivity index (χ0n) is 21.1. The molecule has 4 heterocycles. The molecule has 9 nitrogen and oxygen atoms in total. The van der Waals surface area contributed by atoms with E-state index in [0.29, 0.717) is 22.1 Å². The summed E-state index contributed by atoms with van der Waals surface area (Å²) in [6.07, 6.45) is 2.60. The van der Waals surface area contributed by atoms with Crippen molar-refractivity contribution in [2.45, 2.75) is 25.6 Å². The highest BCUT2D eigenvalue weighted by Gasteiger charge is 2.32. The van der Waals surface area contributed by atoms with Crippen molar-refractivity contribution in [3.63, 3.8) is 0 Å². The van der Waals surface area contributed by atoms with Gasteiger partial charge in [-0.05, 0) is 38.1 Å². The molecule has 0 aliphatic rings. The van der Waals surface area contributed by atoms with Gasteiger partial charge in [-0.15, -0.1) is 0 Å². The van der Waals surface area contributed by atoms with Gasteiger partial charge in [0.15, 0.2) is 5.13 Å². The molecule has 196 valence electrons. The first-order valence-electron chi connectivity index (χ1n) is 12.0. The number of thiazole rings is 1. The third kappa shape index (κ3) is 5.07. The van der Waals surface area contributed by atoms with Gasteiger partial charge in [-0.2, -0.15) is 10.4 Å². The number of carbonyl (C=O) groups excluding carboxylic acids is 1. The fourth-order valence-electron chi connectivity index (χ4n) is 4.10. The molecular formula is C28H24FN7O2S. The monoisotopic (exact) mass is 541 g/mol. The summed E-state index contributed by atoms with van der Waals surface area (Å²) in [5.74, 6) is -0.725. The lowest BCUT2D eigenvalue weighted by molar-refractivity contribution is 0.00145. The number of hydrogen-bond acceptors (Lipinski definition) is 8. The van der Waals surface area contributed by atoms with E-state index in [1.807, 2.05) is 42.5 Å². The topological polar surface area (TPSA) is 133 Å². The molecule has 1 atom stereocenters. The van der Waals surface area contributed by atoms with Crippen LogP contribution in [0.2, 0.25) is 0 Å². The largest absolute Gasteiger partial charge is 0.387 e. The number of hydrogen-bond donors (Lipinski definition) is 2. The second kappa shape index (κ2) is 10.2. The number of amides is 1. The zero-order valence-corrected chi connectivity index (χ0v) is 21.9. The number of pyridine rings is 1. The Hall–Kier alpha value is -4.66. The molecule has 0 fully saturated rings. The van der Waals surface area contributed by atoms with E-state index in [1.54, 1.807) is 21.5 Å². The number of carbonyl (C=O) groups is 1. The summed E-state index contributed by atoms with van der Waals surface area (Å²) in [6.45, 7) is 2.47. The van der Waals surface area contributed by atoms with Crippen LogP contribution in [0, 0.1) is 11.3 Å². The second-order valence-electron chi connectivity index (χ2n) is 9.44. The predicted octanol–water partition coefficient (Wildman–Crippen LogP) is 4.74. The first-order valence-corrected chi connectivity index (χ1v) is 12.8. The molecule has 0 saturated heterocycles. The number of benzene rings is 1. The fraction of sp³-hybridized carbons (Fsp3) is 0.179. The van der Waals surface area contributed by atoms with Crippen molar-refractivity contribution in [1.82, 2.24) is 19.6 Å². The Morgan fingerprint density at radius 3 is 2.69 bits per heavy atom. The molecule has 0 unspecified atom stereocenters. The number of fused-ring (bicyclic) bond motifs is 1. The van der Waals surface area contributed by atoms with Crippen molar-refractivity contribution in [1.29, 1.82) is 5.26 Å². The van der Waals surface area contributed by atoms with Gasteiger partial charge >= 0.3 is 0 Å². The van der Waals surface area contributed by atoms with Crippen LogP contribution in [-0.4, -0.2) is 48.9 Å². The zero-order chi connectivity index (χ0) is 27.7.